The zero-order valence-corrected chi connectivity index (χ0v) is 13.4. The fraction of sp³-hybridized carbons (Fsp3) is 0.250. The van der Waals surface area contributed by atoms with Gasteiger partial charge in [0.05, 0.1) is 10.5 Å². The van der Waals surface area contributed by atoms with Crippen LogP contribution in [0.15, 0.2) is 47.4 Å². The van der Waals surface area contributed by atoms with Crippen LogP contribution >= 0.6 is 0 Å². The van der Waals surface area contributed by atoms with Crippen molar-refractivity contribution in [3.05, 3.63) is 64.7 Å². The van der Waals surface area contributed by atoms with Crippen molar-refractivity contribution in [1.82, 2.24) is 4.72 Å². The average Bonchev–Trinajstić information content (AvgIpc) is 2.44. The Morgan fingerprint density at radius 2 is 1.61 bits per heavy atom. The normalized spacial score (nSPS) is 12.4. The molecule has 2 aromatic carbocycles. The van der Waals surface area contributed by atoms with Crippen LogP contribution in [0.3, 0.4) is 0 Å². The number of halogens is 3. The molecule has 23 heavy (non-hydrogen) atoms. The summed E-state index contributed by atoms with van der Waals surface area (Å²) in [6, 6.07) is 9.27. The maximum atomic E-state index is 12.7. The topological polar surface area (TPSA) is 46.2 Å². The SMILES string of the molecule is Cc1cc(C)cc(CNS(=O)(=O)c2cccc(C(F)(F)F)c2)c1. The lowest BCUT2D eigenvalue weighted by Gasteiger charge is -2.11. The number of benzene rings is 2. The first-order valence-electron chi connectivity index (χ1n) is 6.82. The van der Waals surface area contributed by atoms with E-state index in [2.05, 4.69) is 4.72 Å². The lowest BCUT2D eigenvalue weighted by Crippen LogP contribution is -2.23. The summed E-state index contributed by atoms with van der Waals surface area (Å²) in [6.45, 7) is 3.79. The van der Waals surface area contributed by atoms with Crippen molar-refractivity contribution in [2.24, 2.45) is 0 Å². The molecule has 0 aliphatic heterocycles. The number of hydrogen-bond donors (Lipinski definition) is 1. The quantitative estimate of drug-likeness (QED) is 0.918. The first-order chi connectivity index (χ1) is 10.6. The molecule has 2 aromatic rings. The van der Waals surface area contributed by atoms with Gasteiger partial charge in [0.25, 0.3) is 0 Å². The van der Waals surface area contributed by atoms with Gasteiger partial charge in [0, 0.05) is 6.54 Å². The summed E-state index contributed by atoms with van der Waals surface area (Å²) in [5.74, 6) is 0. The molecule has 0 aliphatic rings. The molecule has 7 heteroatoms. The van der Waals surface area contributed by atoms with Gasteiger partial charge in [-0.15, -0.1) is 0 Å². The minimum Gasteiger partial charge on any atom is -0.207 e. The van der Waals surface area contributed by atoms with Crippen molar-refractivity contribution in [3.8, 4) is 0 Å². The van der Waals surface area contributed by atoms with E-state index >= 15 is 0 Å². The molecule has 0 bridgehead atoms. The molecule has 0 fully saturated rings. The van der Waals surface area contributed by atoms with Crippen molar-refractivity contribution < 1.29 is 21.6 Å². The van der Waals surface area contributed by atoms with E-state index < -0.39 is 26.7 Å². The highest BCUT2D eigenvalue weighted by molar-refractivity contribution is 7.89. The van der Waals surface area contributed by atoms with E-state index in [1.807, 2.05) is 32.0 Å². The second kappa shape index (κ2) is 6.33. The molecule has 0 spiro atoms. The van der Waals surface area contributed by atoms with Gasteiger partial charge in [0.2, 0.25) is 10.0 Å². The van der Waals surface area contributed by atoms with E-state index in [-0.39, 0.29) is 6.54 Å². The third-order valence-corrected chi connectivity index (χ3v) is 4.62. The van der Waals surface area contributed by atoms with Gasteiger partial charge in [-0.25, -0.2) is 13.1 Å². The molecule has 0 heterocycles. The highest BCUT2D eigenvalue weighted by Crippen LogP contribution is 2.30. The highest BCUT2D eigenvalue weighted by Gasteiger charge is 2.31. The minimum atomic E-state index is -4.58. The van der Waals surface area contributed by atoms with Crippen LogP contribution in [0, 0.1) is 13.8 Å². The van der Waals surface area contributed by atoms with E-state index in [9.17, 15) is 21.6 Å². The number of sulfonamides is 1. The van der Waals surface area contributed by atoms with Crippen molar-refractivity contribution in [1.29, 1.82) is 0 Å². The zero-order chi connectivity index (χ0) is 17.3. The number of nitrogens with one attached hydrogen (secondary N) is 1. The summed E-state index contributed by atoms with van der Waals surface area (Å²) in [5.41, 5.74) is 1.72. The zero-order valence-electron chi connectivity index (χ0n) is 12.6. The summed E-state index contributed by atoms with van der Waals surface area (Å²) >= 11 is 0. The second-order valence-electron chi connectivity index (χ2n) is 5.35. The molecule has 0 aromatic heterocycles. The number of rotatable bonds is 4. The van der Waals surface area contributed by atoms with Crippen LogP contribution in [0.2, 0.25) is 0 Å². The smallest absolute Gasteiger partial charge is 0.207 e. The number of alkyl halides is 3. The van der Waals surface area contributed by atoms with E-state index in [4.69, 9.17) is 0 Å². The largest absolute Gasteiger partial charge is 0.416 e. The third-order valence-electron chi connectivity index (χ3n) is 3.22. The fourth-order valence-electron chi connectivity index (χ4n) is 2.27. The molecular formula is C16H16F3NO2S. The molecule has 0 amide bonds. The molecule has 2 rings (SSSR count). The molecule has 0 saturated heterocycles. The van der Waals surface area contributed by atoms with E-state index in [0.717, 1.165) is 34.9 Å². The summed E-state index contributed by atoms with van der Waals surface area (Å²) in [5, 5.41) is 0. The van der Waals surface area contributed by atoms with Crippen molar-refractivity contribution >= 4 is 10.0 Å². The number of aryl methyl sites for hydroxylation is 2. The Labute approximate surface area is 133 Å². The molecule has 1 N–H and O–H groups in total. The fourth-order valence-corrected chi connectivity index (χ4v) is 3.34. The Kier molecular flexibility index (Phi) is 4.81. The van der Waals surface area contributed by atoms with Gasteiger partial charge in [0.15, 0.2) is 0 Å². The van der Waals surface area contributed by atoms with Crippen LogP contribution in [0.4, 0.5) is 13.2 Å². The molecular weight excluding hydrogens is 327 g/mol. The lowest BCUT2D eigenvalue weighted by molar-refractivity contribution is -0.137. The Morgan fingerprint density at radius 1 is 1.00 bits per heavy atom. The van der Waals surface area contributed by atoms with Crippen molar-refractivity contribution in [3.63, 3.8) is 0 Å². The monoisotopic (exact) mass is 343 g/mol. The molecule has 0 saturated carbocycles. The minimum absolute atomic E-state index is 0.0150. The standard InChI is InChI=1S/C16H16F3NO2S/c1-11-6-12(2)8-13(7-11)10-20-23(21,22)15-5-3-4-14(9-15)16(17,18)19/h3-9,20H,10H2,1-2H3. The Hall–Kier alpha value is -1.86. The van der Waals surface area contributed by atoms with Gasteiger partial charge in [-0.2, -0.15) is 13.2 Å². The van der Waals surface area contributed by atoms with Crippen LogP contribution in [0.5, 0.6) is 0 Å². The maximum absolute atomic E-state index is 12.7. The van der Waals surface area contributed by atoms with Crippen LogP contribution in [-0.2, 0) is 22.7 Å². The molecule has 0 atom stereocenters. The Morgan fingerprint density at radius 3 is 2.17 bits per heavy atom. The third kappa shape index (κ3) is 4.56. The summed E-state index contributed by atoms with van der Waals surface area (Å²) in [7, 11) is -4.02. The van der Waals surface area contributed by atoms with E-state index in [0.29, 0.717) is 6.07 Å². The molecule has 3 nitrogen and oxygen atoms in total. The van der Waals surface area contributed by atoms with Gasteiger partial charge in [-0.05, 0) is 37.6 Å². The number of hydrogen-bond acceptors (Lipinski definition) is 2. The molecule has 124 valence electrons. The van der Waals surface area contributed by atoms with Crippen LogP contribution in [0.25, 0.3) is 0 Å². The first-order valence-corrected chi connectivity index (χ1v) is 8.30. The van der Waals surface area contributed by atoms with Gasteiger partial charge >= 0.3 is 6.18 Å². The summed E-state index contributed by atoms with van der Waals surface area (Å²) in [6.07, 6.45) is -4.58. The lowest BCUT2D eigenvalue weighted by atomic mass is 10.1. The predicted molar refractivity (Wildman–Crippen MR) is 81.4 cm³/mol. The molecule has 0 radical (unpaired) electrons. The van der Waals surface area contributed by atoms with Crippen LogP contribution in [-0.4, -0.2) is 8.42 Å². The highest BCUT2D eigenvalue weighted by atomic mass is 32.2. The van der Waals surface area contributed by atoms with Crippen LogP contribution in [0.1, 0.15) is 22.3 Å². The summed E-state index contributed by atoms with van der Waals surface area (Å²) < 4.78 is 64.7. The van der Waals surface area contributed by atoms with Gasteiger partial charge in [0.1, 0.15) is 0 Å². The van der Waals surface area contributed by atoms with Crippen molar-refractivity contribution in [2.45, 2.75) is 31.5 Å². The van der Waals surface area contributed by atoms with E-state index in [1.54, 1.807) is 0 Å². The Bertz CT molecular complexity index is 794. The predicted octanol–water partition coefficient (Wildman–Crippen LogP) is 3.80. The summed E-state index contributed by atoms with van der Waals surface area (Å²) in [4.78, 5) is -0.406. The van der Waals surface area contributed by atoms with Crippen molar-refractivity contribution in [2.75, 3.05) is 0 Å². The van der Waals surface area contributed by atoms with Gasteiger partial charge < -0.3 is 0 Å². The molecule has 0 unspecified atom stereocenters. The van der Waals surface area contributed by atoms with E-state index in [1.165, 1.54) is 0 Å². The van der Waals surface area contributed by atoms with Gasteiger partial charge in [-0.1, -0.05) is 35.4 Å². The maximum Gasteiger partial charge on any atom is 0.416 e. The van der Waals surface area contributed by atoms with Gasteiger partial charge in [-0.3, -0.25) is 0 Å². The average molecular weight is 343 g/mol. The second-order valence-corrected chi connectivity index (χ2v) is 7.11. The van der Waals surface area contributed by atoms with Crippen LogP contribution < -0.4 is 4.72 Å². The molecule has 0 aliphatic carbocycles. The Balaban J connectivity index is 2.22. The first kappa shape index (κ1) is 17.5.